The summed E-state index contributed by atoms with van der Waals surface area (Å²) in [6.45, 7) is 4.97. The van der Waals surface area contributed by atoms with E-state index in [1.165, 1.54) is 0 Å². The molecule has 1 fully saturated rings. The number of benzene rings is 2. The summed E-state index contributed by atoms with van der Waals surface area (Å²) >= 11 is 0. The van der Waals surface area contributed by atoms with Crippen molar-refractivity contribution in [3.63, 3.8) is 0 Å². The molecule has 5 nitrogen and oxygen atoms in total. The zero-order chi connectivity index (χ0) is 23.3. The molecular formula is C28H31N3O2. The van der Waals surface area contributed by atoms with E-state index in [9.17, 15) is 9.59 Å². The molecule has 0 aliphatic carbocycles. The van der Waals surface area contributed by atoms with Gasteiger partial charge in [0.2, 0.25) is 11.8 Å². The van der Waals surface area contributed by atoms with E-state index in [4.69, 9.17) is 0 Å². The van der Waals surface area contributed by atoms with Gasteiger partial charge in [0.25, 0.3) is 0 Å². The van der Waals surface area contributed by atoms with Crippen LogP contribution in [-0.2, 0) is 22.4 Å². The number of hydrogen-bond acceptors (Lipinski definition) is 3. The molecule has 2 aromatic carbocycles. The van der Waals surface area contributed by atoms with Crippen molar-refractivity contribution >= 4 is 11.8 Å². The van der Waals surface area contributed by atoms with E-state index in [1.807, 2.05) is 79.5 Å². The lowest BCUT2D eigenvalue weighted by molar-refractivity contribution is -0.133. The van der Waals surface area contributed by atoms with Gasteiger partial charge < -0.3 is 10.2 Å². The maximum Gasteiger partial charge on any atom is 0.228 e. The third kappa shape index (κ3) is 5.30. The van der Waals surface area contributed by atoms with Gasteiger partial charge >= 0.3 is 0 Å². The quantitative estimate of drug-likeness (QED) is 0.595. The normalized spacial score (nSPS) is 17.8. The number of amides is 2. The Kier molecular flexibility index (Phi) is 6.87. The van der Waals surface area contributed by atoms with E-state index in [0.29, 0.717) is 32.4 Å². The molecule has 170 valence electrons. The van der Waals surface area contributed by atoms with Crippen molar-refractivity contribution in [2.75, 3.05) is 13.1 Å². The first kappa shape index (κ1) is 22.7. The summed E-state index contributed by atoms with van der Waals surface area (Å²) in [7, 11) is 0. The lowest BCUT2D eigenvalue weighted by atomic mass is 9.78. The van der Waals surface area contributed by atoms with E-state index < -0.39 is 5.41 Å². The molecule has 2 amide bonds. The van der Waals surface area contributed by atoms with Gasteiger partial charge in [-0.3, -0.25) is 14.6 Å². The smallest absolute Gasteiger partial charge is 0.228 e. The Morgan fingerprint density at radius 3 is 2.52 bits per heavy atom. The lowest BCUT2D eigenvalue weighted by Gasteiger charge is -2.30. The minimum atomic E-state index is -0.658. The minimum absolute atomic E-state index is 0.0218. The van der Waals surface area contributed by atoms with Crippen molar-refractivity contribution < 1.29 is 9.59 Å². The number of aromatic nitrogens is 1. The molecule has 0 saturated carbocycles. The summed E-state index contributed by atoms with van der Waals surface area (Å²) in [6.07, 6.45) is 5.19. The van der Waals surface area contributed by atoms with Gasteiger partial charge in [-0.15, -0.1) is 0 Å². The van der Waals surface area contributed by atoms with E-state index >= 15 is 0 Å². The van der Waals surface area contributed by atoms with Crippen LogP contribution >= 0.6 is 0 Å². The fourth-order valence-corrected chi connectivity index (χ4v) is 4.64. The molecule has 1 aliphatic heterocycles. The molecular weight excluding hydrogens is 410 g/mol. The highest BCUT2D eigenvalue weighted by Crippen LogP contribution is 2.38. The van der Waals surface area contributed by atoms with Crippen LogP contribution in [0.2, 0.25) is 0 Å². The van der Waals surface area contributed by atoms with Gasteiger partial charge in [0.15, 0.2) is 0 Å². The topological polar surface area (TPSA) is 62.3 Å². The molecule has 1 atom stereocenters. The second-order valence-electron chi connectivity index (χ2n) is 9.21. The molecule has 33 heavy (non-hydrogen) atoms. The first-order valence-electron chi connectivity index (χ1n) is 11.6. The summed E-state index contributed by atoms with van der Waals surface area (Å²) in [5.74, 6) is 0.0921. The van der Waals surface area contributed by atoms with Crippen LogP contribution in [0.25, 0.3) is 11.1 Å². The molecule has 0 spiro atoms. The number of rotatable bonds is 7. The van der Waals surface area contributed by atoms with Crippen molar-refractivity contribution in [3.8, 4) is 11.1 Å². The summed E-state index contributed by atoms with van der Waals surface area (Å²) < 4.78 is 0. The fourth-order valence-electron chi connectivity index (χ4n) is 4.64. The second kappa shape index (κ2) is 9.99. The maximum absolute atomic E-state index is 13.5. The molecule has 1 N–H and O–H groups in total. The zero-order valence-corrected chi connectivity index (χ0v) is 19.3. The molecule has 5 heteroatoms. The Hall–Kier alpha value is -3.47. The SMILES string of the molecule is CC(C)NC(=O)[C@]1(Cc2ccccc2-c2cccnc2)CCN(C(=O)Cc2ccccc2)C1. The van der Waals surface area contributed by atoms with Gasteiger partial charge in [0, 0.05) is 37.1 Å². The Morgan fingerprint density at radius 1 is 1.03 bits per heavy atom. The molecule has 1 aliphatic rings. The van der Waals surface area contributed by atoms with E-state index in [1.54, 1.807) is 6.20 Å². The van der Waals surface area contributed by atoms with E-state index in [2.05, 4.69) is 22.4 Å². The molecule has 0 unspecified atom stereocenters. The third-order valence-electron chi connectivity index (χ3n) is 6.32. The number of pyridine rings is 1. The highest BCUT2D eigenvalue weighted by atomic mass is 16.2. The Bertz CT molecular complexity index is 1100. The molecule has 4 rings (SSSR count). The Morgan fingerprint density at radius 2 is 1.79 bits per heavy atom. The van der Waals surface area contributed by atoms with Gasteiger partial charge in [-0.2, -0.15) is 0 Å². The monoisotopic (exact) mass is 441 g/mol. The average Bonchev–Trinajstić information content (AvgIpc) is 3.26. The summed E-state index contributed by atoms with van der Waals surface area (Å²) in [5, 5.41) is 3.12. The predicted octanol–water partition coefficient (Wildman–Crippen LogP) is 4.28. The van der Waals surface area contributed by atoms with Crippen molar-refractivity contribution in [2.45, 2.75) is 39.2 Å². The zero-order valence-electron chi connectivity index (χ0n) is 19.3. The molecule has 3 aromatic rings. The summed E-state index contributed by atoms with van der Waals surface area (Å²) in [6, 6.07) is 22.0. The Balaban J connectivity index is 1.61. The number of likely N-dealkylation sites (tertiary alicyclic amines) is 1. The lowest BCUT2D eigenvalue weighted by Crippen LogP contribution is -2.47. The number of carbonyl (C=O) groups is 2. The van der Waals surface area contributed by atoms with Crippen molar-refractivity contribution in [1.29, 1.82) is 0 Å². The molecule has 0 radical (unpaired) electrons. The van der Waals surface area contributed by atoms with Gasteiger partial charge in [0.1, 0.15) is 0 Å². The van der Waals surface area contributed by atoms with Crippen LogP contribution in [0.1, 0.15) is 31.4 Å². The van der Waals surface area contributed by atoms with Crippen molar-refractivity contribution in [2.24, 2.45) is 5.41 Å². The first-order valence-corrected chi connectivity index (χ1v) is 11.6. The molecule has 1 aromatic heterocycles. The summed E-state index contributed by atoms with van der Waals surface area (Å²) in [5.41, 5.74) is 3.55. The van der Waals surface area contributed by atoms with Gasteiger partial charge in [-0.1, -0.05) is 60.7 Å². The predicted molar refractivity (Wildman–Crippen MR) is 130 cm³/mol. The van der Waals surface area contributed by atoms with Gasteiger partial charge in [-0.05, 0) is 49.4 Å². The highest BCUT2D eigenvalue weighted by Gasteiger charge is 2.46. The Labute approximate surface area is 195 Å². The summed E-state index contributed by atoms with van der Waals surface area (Å²) in [4.78, 5) is 32.7. The molecule has 1 saturated heterocycles. The average molecular weight is 442 g/mol. The number of carbonyl (C=O) groups excluding carboxylic acids is 2. The van der Waals surface area contributed by atoms with Crippen molar-refractivity contribution in [1.82, 2.24) is 15.2 Å². The standard InChI is InChI=1S/C28H31N3O2/c1-21(2)30-27(33)28(14-16-31(20-28)26(32)17-22-9-4-3-5-10-22)18-23-11-6-7-13-25(23)24-12-8-15-29-19-24/h3-13,15,19,21H,14,16-18,20H2,1-2H3,(H,30,33)/t28-/m0/s1. The maximum atomic E-state index is 13.5. The van der Waals surface area contributed by atoms with Crippen LogP contribution in [0.4, 0.5) is 0 Å². The van der Waals surface area contributed by atoms with Crippen molar-refractivity contribution in [3.05, 3.63) is 90.3 Å². The van der Waals surface area contributed by atoms with Crippen LogP contribution in [0.15, 0.2) is 79.1 Å². The van der Waals surface area contributed by atoms with Gasteiger partial charge in [-0.25, -0.2) is 0 Å². The van der Waals surface area contributed by atoms with E-state index in [0.717, 1.165) is 22.3 Å². The largest absolute Gasteiger partial charge is 0.353 e. The van der Waals surface area contributed by atoms with Crippen LogP contribution in [0.3, 0.4) is 0 Å². The fraction of sp³-hybridized carbons (Fsp3) is 0.321. The van der Waals surface area contributed by atoms with Crippen LogP contribution in [0.5, 0.6) is 0 Å². The molecule has 0 bridgehead atoms. The van der Waals surface area contributed by atoms with Crippen LogP contribution < -0.4 is 5.32 Å². The van der Waals surface area contributed by atoms with Gasteiger partial charge in [0.05, 0.1) is 11.8 Å². The first-order chi connectivity index (χ1) is 16.0. The highest BCUT2D eigenvalue weighted by molar-refractivity contribution is 5.87. The molecule has 2 heterocycles. The minimum Gasteiger partial charge on any atom is -0.353 e. The van der Waals surface area contributed by atoms with E-state index in [-0.39, 0.29) is 17.9 Å². The number of nitrogens with one attached hydrogen (secondary N) is 1. The van der Waals surface area contributed by atoms with Crippen LogP contribution in [-0.4, -0.2) is 40.8 Å². The second-order valence-corrected chi connectivity index (χ2v) is 9.21. The third-order valence-corrected chi connectivity index (χ3v) is 6.32. The number of nitrogens with zero attached hydrogens (tertiary/aromatic N) is 2. The number of hydrogen-bond donors (Lipinski definition) is 1. The van der Waals surface area contributed by atoms with Crippen LogP contribution in [0, 0.1) is 5.41 Å².